The van der Waals surface area contributed by atoms with E-state index in [1.807, 2.05) is 12.1 Å². The Morgan fingerprint density at radius 2 is 2.19 bits per heavy atom. The van der Waals surface area contributed by atoms with Crippen molar-refractivity contribution < 1.29 is 9.18 Å². The highest BCUT2D eigenvalue weighted by molar-refractivity contribution is 9.10. The van der Waals surface area contributed by atoms with Crippen molar-refractivity contribution in [2.45, 2.75) is 12.8 Å². The Labute approximate surface area is 157 Å². The van der Waals surface area contributed by atoms with Gasteiger partial charge in [-0.15, -0.1) is 15.3 Å². The van der Waals surface area contributed by atoms with Crippen LogP contribution in [0.1, 0.15) is 12.8 Å². The van der Waals surface area contributed by atoms with Crippen LogP contribution in [0, 0.1) is 11.7 Å². The Hall–Kier alpha value is -2.55. The Balaban J connectivity index is 1.48. The maximum Gasteiger partial charge on any atom is 0.229 e. The maximum atomic E-state index is 14.0. The summed E-state index contributed by atoms with van der Waals surface area (Å²) in [5.41, 5.74) is 0.866. The minimum atomic E-state index is -0.458. The van der Waals surface area contributed by atoms with Crippen LogP contribution in [0.25, 0.3) is 5.65 Å². The molecule has 3 heterocycles. The zero-order valence-corrected chi connectivity index (χ0v) is 15.4. The van der Waals surface area contributed by atoms with Crippen molar-refractivity contribution in [3.63, 3.8) is 0 Å². The summed E-state index contributed by atoms with van der Waals surface area (Å²) in [7, 11) is 0. The number of carbonyl (C=O) groups is 1. The standard InChI is InChI=1S/C17H16BrFN6O/c18-12-3-4-14(13(19)8-12)21-17(26)11-2-1-7-24(9-11)16-6-5-15-22-20-10-25(15)23-16/h3-6,8,10-11H,1-2,7,9H2,(H,21,26)/t11-/m1/s1. The molecule has 1 fully saturated rings. The highest BCUT2D eigenvalue weighted by Crippen LogP contribution is 2.24. The molecule has 0 aliphatic carbocycles. The lowest BCUT2D eigenvalue weighted by Gasteiger charge is -2.32. The Bertz CT molecular complexity index is 961. The molecule has 1 aliphatic rings. The fraction of sp³-hybridized carbons (Fsp3) is 0.294. The molecule has 1 atom stereocenters. The average Bonchev–Trinajstić information content (AvgIpc) is 3.12. The van der Waals surface area contributed by atoms with Crippen molar-refractivity contribution >= 4 is 39.0 Å². The van der Waals surface area contributed by atoms with E-state index in [-0.39, 0.29) is 17.5 Å². The van der Waals surface area contributed by atoms with Crippen LogP contribution in [0.2, 0.25) is 0 Å². The van der Waals surface area contributed by atoms with E-state index in [4.69, 9.17) is 0 Å². The third-order valence-corrected chi connectivity index (χ3v) is 4.95. The first-order chi connectivity index (χ1) is 12.6. The molecule has 7 nitrogen and oxygen atoms in total. The van der Waals surface area contributed by atoms with Gasteiger partial charge in [0.2, 0.25) is 5.91 Å². The molecule has 1 aliphatic heterocycles. The van der Waals surface area contributed by atoms with E-state index in [1.54, 1.807) is 23.0 Å². The van der Waals surface area contributed by atoms with Gasteiger partial charge >= 0.3 is 0 Å². The Morgan fingerprint density at radius 3 is 3.04 bits per heavy atom. The minimum Gasteiger partial charge on any atom is -0.354 e. The molecule has 0 unspecified atom stereocenters. The monoisotopic (exact) mass is 418 g/mol. The van der Waals surface area contributed by atoms with Crippen molar-refractivity contribution in [3.8, 4) is 0 Å². The van der Waals surface area contributed by atoms with Crippen LogP contribution >= 0.6 is 15.9 Å². The summed E-state index contributed by atoms with van der Waals surface area (Å²) < 4.78 is 16.2. The van der Waals surface area contributed by atoms with Crippen molar-refractivity contribution in [2.24, 2.45) is 5.92 Å². The van der Waals surface area contributed by atoms with Crippen LogP contribution in [0.3, 0.4) is 0 Å². The number of rotatable bonds is 3. The second kappa shape index (κ2) is 6.99. The zero-order chi connectivity index (χ0) is 18.1. The zero-order valence-electron chi connectivity index (χ0n) is 13.8. The summed E-state index contributed by atoms with van der Waals surface area (Å²) in [5, 5.41) is 14.9. The SMILES string of the molecule is O=C(Nc1ccc(Br)cc1F)[C@@H]1CCCN(c2ccc3nncn3n2)C1. The van der Waals surface area contributed by atoms with Gasteiger partial charge in [0.25, 0.3) is 0 Å². The fourth-order valence-electron chi connectivity index (χ4n) is 3.11. The van der Waals surface area contributed by atoms with Crippen LogP contribution < -0.4 is 10.2 Å². The number of benzene rings is 1. The molecule has 2 aromatic heterocycles. The molecular formula is C17H16BrFN6O. The molecule has 26 heavy (non-hydrogen) atoms. The molecule has 0 bridgehead atoms. The van der Waals surface area contributed by atoms with Gasteiger partial charge in [-0.1, -0.05) is 15.9 Å². The highest BCUT2D eigenvalue weighted by Gasteiger charge is 2.27. The summed E-state index contributed by atoms with van der Waals surface area (Å²) in [6.45, 7) is 1.35. The predicted molar refractivity (Wildman–Crippen MR) is 98.4 cm³/mol. The molecule has 1 aromatic carbocycles. The minimum absolute atomic E-state index is 0.179. The molecule has 4 rings (SSSR count). The predicted octanol–water partition coefficient (Wildman–Crippen LogP) is 2.88. The number of aromatic nitrogens is 4. The first-order valence-electron chi connectivity index (χ1n) is 8.28. The third-order valence-electron chi connectivity index (χ3n) is 4.45. The molecule has 0 spiro atoms. The molecule has 3 aromatic rings. The van der Waals surface area contributed by atoms with E-state index >= 15 is 0 Å². The van der Waals surface area contributed by atoms with E-state index in [1.165, 1.54) is 6.07 Å². The van der Waals surface area contributed by atoms with Crippen LogP contribution in [0.4, 0.5) is 15.9 Å². The lowest BCUT2D eigenvalue weighted by Crippen LogP contribution is -2.41. The lowest BCUT2D eigenvalue weighted by atomic mass is 9.97. The van der Waals surface area contributed by atoms with Gasteiger partial charge in [-0.05, 0) is 43.2 Å². The number of fused-ring (bicyclic) bond motifs is 1. The van der Waals surface area contributed by atoms with Gasteiger partial charge in [-0.25, -0.2) is 4.39 Å². The van der Waals surface area contributed by atoms with Crippen molar-refractivity contribution in [1.29, 1.82) is 0 Å². The number of hydrogen-bond acceptors (Lipinski definition) is 5. The number of halogens is 2. The van der Waals surface area contributed by atoms with Crippen molar-refractivity contribution in [1.82, 2.24) is 19.8 Å². The normalized spacial score (nSPS) is 17.5. The van der Waals surface area contributed by atoms with Crippen LogP contribution in [-0.2, 0) is 4.79 Å². The Morgan fingerprint density at radius 1 is 1.31 bits per heavy atom. The molecule has 1 amide bonds. The first-order valence-corrected chi connectivity index (χ1v) is 9.07. The summed E-state index contributed by atoms with van der Waals surface area (Å²) in [4.78, 5) is 14.7. The van der Waals surface area contributed by atoms with Gasteiger partial charge in [-0.3, -0.25) is 4.79 Å². The van der Waals surface area contributed by atoms with Gasteiger partial charge in [-0.2, -0.15) is 4.52 Å². The highest BCUT2D eigenvalue weighted by atomic mass is 79.9. The maximum absolute atomic E-state index is 14.0. The molecular weight excluding hydrogens is 403 g/mol. The van der Waals surface area contributed by atoms with Gasteiger partial charge in [0.05, 0.1) is 11.6 Å². The fourth-order valence-corrected chi connectivity index (χ4v) is 3.45. The van der Waals surface area contributed by atoms with Gasteiger partial charge < -0.3 is 10.2 Å². The molecule has 134 valence electrons. The smallest absolute Gasteiger partial charge is 0.229 e. The van der Waals surface area contributed by atoms with Crippen LogP contribution in [-0.4, -0.2) is 38.8 Å². The topological polar surface area (TPSA) is 75.4 Å². The quantitative estimate of drug-likeness (QED) is 0.707. The summed E-state index contributed by atoms with van der Waals surface area (Å²) >= 11 is 3.21. The first kappa shape index (κ1) is 16.9. The van der Waals surface area contributed by atoms with Crippen molar-refractivity contribution in [3.05, 3.63) is 46.9 Å². The summed E-state index contributed by atoms with van der Waals surface area (Å²) in [6.07, 6.45) is 3.17. The number of piperidine rings is 1. The molecule has 1 N–H and O–H groups in total. The van der Waals surface area contributed by atoms with Crippen molar-refractivity contribution in [2.75, 3.05) is 23.3 Å². The van der Waals surface area contributed by atoms with E-state index in [0.717, 1.165) is 25.2 Å². The number of nitrogens with zero attached hydrogens (tertiary/aromatic N) is 5. The number of carbonyl (C=O) groups excluding carboxylic acids is 1. The average molecular weight is 419 g/mol. The second-order valence-corrected chi connectivity index (χ2v) is 7.14. The lowest BCUT2D eigenvalue weighted by molar-refractivity contribution is -0.120. The number of anilines is 2. The molecule has 9 heteroatoms. The summed E-state index contributed by atoms with van der Waals surface area (Å²) in [6, 6.07) is 8.31. The van der Waals surface area contributed by atoms with E-state index in [0.29, 0.717) is 16.7 Å². The number of hydrogen-bond donors (Lipinski definition) is 1. The summed E-state index contributed by atoms with van der Waals surface area (Å²) in [5.74, 6) is -0.101. The van der Waals surface area contributed by atoms with Gasteiger partial charge in [0, 0.05) is 17.6 Å². The molecule has 0 saturated carbocycles. The Kier molecular flexibility index (Phi) is 4.54. The van der Waals surface area contributed by atoms with Crippen LogP contribution in [0.5, 0.6) is 0 Å². The number of nitrogens with one attached hydrogen (secondary N) is 1. The van der Waals surface area contributed by atoms with E-state index < -0.39 is 5.82 Å². The second-order valence-electron chi connectivity index (χ2n) is 6.22. The van der Waals surface area contributed by atoms with Gasteiger partial charge in [0.15, 0.2) is 5.65 Å². The molecule has 0 radical (unpaired) electrons. The van der Waals surface area contributed by atoms with E-state index in [2.05, 4.69) is 41.4 Å². The third kappa shape index (κ3) is 3.39. The van der Waals surface area contributed by atoms with E-state index in [9.17, 15) is 9.18 Å². The molecule has 1 saturated heterocycles. The van der Waals surface area contributed by atoms with Crippen LogP contribution in [0.15, 0.2) is 41.1 Å². The number of amides is 1. The van der Waals surface area contributed by atoms with Gasteiger partial charge in [0.1, 0.15) is 18.0 Å². The largest absolute Gasteiger partial charge is 0.354 e.